The summed E-state index contributed by atoms with van der Waals surface area (Å²) in [6.07, 6.45) is 3.14. The normalized spacial score (nSPS) is 20.6. The number of hydrogen-bond acceptors (Lipinski definition) is 1. The van der Waals surface area contributed by atoms with Crippen molar-refractivity contribution in [3.05, 3.63) is 34.9 Å². The van der Waals surface area contributed by atoms with Gasteiger partial charge in [-0.2, -0.15) is 0 Å². The maximum Gasteiger partial charge on any atom is 0.127 e. The molecule has 0 spiro atoms. The van der Waals surface area contributed by atoms with E-state index >= 15 is 0 Å². The van der Waals surface area contributed by atoms with Crippen LogP contribution in [-0.2, 0) is 11.2 Å². The molecule has 0 N–H and O–H groups in total. The van der Waals surface area contributed by atoms with Crippen molar-refractivity contribution in [2.45, 2.75) is 25.7 Å². The van der Waals surface area contributed by atoms with E-state index in [0.29, 0.717) is 0 Å². The van der Waals surface area contributed by atoms with Crippen LogP contribution in [0.25, 0.3) is 0 Å². The van der Waals surface area contributed by atoms with Crippen molar-refractivity contribution in [3.63, 3.8) is 0 Å². The molecule has 1 aliphatic carbocycles. The number of aldehydes is 1. The lowest BCUT2D eigenvalue weighted by Gasteiger charge is -2.02. The molecular formula is C11H12O. The van der Waals surface area contributed by atoms with E-state index in [9.17, 15) is 4.79 Å². The van der Waals surface area contributed by atoms with E-state index in [2.05, 4.69) is 25.1 Å². The molecule has 0 aromatic heterocycles. The summed E-state index contributed by atoms with van der Waals surface area (Å²) in [7, 11) is 0. The molecule has 0 fully saturated rings. The summed E-state index contributed by atoms with van der Waals surface area (Å²) in [5, 5.41) is 0. The predicted octanol–water partition coefficient (Wildman–Crippen LogP) is 2.22. The Kier molecular flexibility index (Phi) is 1.72. The summed E-state index contributed by atoms with van der Waals surface area (Å²) >= 11 is 0. The maximum absolute atomic E-state index is 10.7. The number of carbonyl (C=O) groups is 1. The molecule has 1 atom stereocenters. The fraction of sp³-hybridized carbons (Fsp3) is 0.364. The monoisotopic (exact) mass is 160 g/mol. The van der Waals surface area contributed by atoms with Gasteiger partial charge in [0.1, 0.15) is 6.29 Å². The molecule has 0 saturated carbocycles. The lowest BCUT2D eigenvalue weighted by Crippen LogP contribution is -1.93. The fourth-order valence-electron chi connectivity index (χ4n) is 1.92. The van der Waals surface area contributed by atoms with E-state index in [0.717, 1.165) is 19.1 Å². The average molecular weight is 160 g/mol. The molecule has 62 valence electrons. The van der Waals surface area contributed by atoms with Crippen LogP contribution in [0.4, 0.5) is 0 Å². The predicted molar refractivity (Wildman–Crippen MR) is 48.3 cm³/mol. The van der Waals surface area contributed by atoms with Crippen LogP contribution >= 0.6 is 0 Å². The van der Waals surface area contributed by atoms with Crippen molar-refractivity contribution in [1.82, 2.24) is 0 Å². The van der Waals surface area contributed by atoms with Gasteiger partial charge in [0, 0.05) is 5.92 Å². The Morgan fingerprint density at radius 2 is 2.33 bits per heavy atom. The van der Waals surface area contributed by atoms with Crippen LogP contribution in [0.5, 0.6) is 0 Å². The topological polar surface area (TPSA) is 17.1 Å². The maximum atomic E-state index is 10.7. The summed E-state index contributed by atoms with van der Waals surface area (Å²) < 4.78 is 0. The molecule has 12 heavy (non-hydrogen) atoms. The molecule has 1 aromatic carbocycles. The molecule has 0 bridgehead atoms. The van der Waals surface area contributed by atoms with Crippen molar-refractivity contribution in [3.8, 4) is 0 Å². The van der Waals surface area contributed by atoms with Gasteiger partial charge < -0.3 is 4.79 Å². The minimum Gasteiger partial charge on any atom is -0.303 e. The first-order valence-electron chi connectivity index (χ1n) is 4.36. The van der Waals surface area contributed by atoms with E-state index in [1.165, 1.54) is 16.7 Å². The zero-order valence-electron chi connectivity index (χ0n) is 7.21. The molecule has 1 nitrogen and oxygen atoms in total. The third-order valence-corrected chi connectivity index (χ3v) is 2.59. The average Bonchev–Trinajstić information content (AvgIpc) is 2.46. The number of fused-ring (bicyclic) bond motifs is 1. The smallest absolute Gasteiger partial charge is 0.127 e. The molecule has 0 heterocycles. The van der Waals surface area contributed by atoms with Gasteiger partial charge in [-0.3, -0.25) is 0 Å². The van der Waals surface area contributed by atoms with Crippen LogP contribution < -0.4 is 0 Å². The van der Waals surface area contributed by atoms with E-state index in [1.807, 2.05) is 0 Å². The van der Waals surface area contributed by atoms with Crippen LogP contribution in [0.1, 0.15) is 29.0 Å². The number of benzene rings is 1. The molecule has 0 radical (unpaired) electrons. The van der Waals surface area contributed by atoms with Gasteiger partial charge in [-0.1, -0.05) is 23.8 Å². The summed E-state index contributed by atoms with van der Waals surface area (Å²) in [4.78, 5) is 10.7. The Balaban J connectivity index is 2.47. The van der Waals surface area contributed by atoms with E-state index in [-0.39, 0.29) is 5.92 Å². The van der Waals surface area contributed by atoms with Crippen LogP contribution in [0.3, 0.4) is 0 Å². The highest BCUT2D eigenvalue weighted by Gasteiger charge is 2.20. The first-order valence-corrected chi connectivity index (χ1v) is 4.36. The van der Waals surface area contributed by atoms with Gasteiger partial charge in [0.05, 0.1) is 0 Å². The fourth-order valence-corrected chi connectivity index (χ4v) is 1.92. The van der Waals surface area contributed by atoms with Gasteiger partial charge in [-0.05, 0) is 30.9 Å². The highest BCUT2D eigenvalue weighted by atomic mass is 16.1. The Morgan fingerprint density at radius 3 is 3.08 bits per heavy atom. The SMILES string of the molecule is Cc1ccc2c(c1)CCC2C=O. The largest absolute Gasteiger partial charge is 0.303 e. The zero-order valence-corrected chi connectivity index (χ0v) is 7.21. The van der Waals surface area contributed by atoms with Gasteiger partial charge in [0.15, 0.2) is 0 Å². The Hall–Kier alpha value is -1.11. The summed E-state index contributed by atoms with van der Waals surface area (Å²) in [5.41, 5.74) is 3.91. The second-order valence-corrected chi connectivity index (χ2v) is 3.48. The van der Waals surface area contributed by atoms with Gasteiger partial charge in [-0.25, -0.2) is 0 Å². The molecule has 0 amide bonds. The third kappa shape index (κ3) is 1.06. The number of rotatable bonds is 1. The summed E-state index contributed by atoms with van der Waals surface area (Å²) in [5.74, 6) is 0.167. The Bertz CT molecular complexity index is 315. The van der Waals surface area contributed by atoms with E-state index < -0.39 is 0 Å². The molecule has 2 rings (SSSR count). The van der Waals surface area contributed by atoms with E-state index in [1.54, 1.807) is 0 Å². The second-order valence-electron chi connectivity index (χ2n) is 3.48. The highest BCUT2D eigenvalue weighted by molar-refractivity contribution is 5.65. The molecule has 1 heteroatoms. The van der Waals surface area contributed by atoms with Crippen molar-refractivity contribution in [1.29, 1.82) is 0 Å². The van der Waals surface area contributed by atoms with Crippen molar-refractivity contribution in [2.75, 3.05) is 0 Å². The van der Waals surface area contributed by atoms with Crippen LogP contribution in [0, 0.1) is 6.92 Å². The molecule has 1 unspecified atom stereocenters. The minimum atomic E-state index is 0.167. The van der Waals surface area contributed by atoms with Crippen molar-refractivity contribution < 1.29 is 4.79 Å². The molecule has 0 aliphatic heterocycles. The van der Waals surface area contributed by atoms with Crippen molar-refractivity contribution in [2.24, 2.45) is 0 Å². The van der Waals surface area contributed by atoms with Crippen LogP contribution in [-0.4, -0.2) is 6.29 Å². The summed E-state index contributed by atoms with van der Waals surface area (Å²) in [6.45, 7) is 2.09. The second kappa shape index (κ2) is 2.74. The molecular weight excluding hydrogens is 148 g/mol. The molecule has 1 aromatic rings. The first-order chi connectivity index (χ1) is 5.81. The number of hydrogen-bond donors (Lipinski definition) is 0. The van der Waals surface area contributed by atoms with Gasteiger partial charge in [0.25, 0.3) is 0 Å². The highest BCUT2D eigenvalue weighted by Crippen LogP contribution is 2.31. The minimum absolute atomic E-state index is 0.167. The quantitative estimate of drug-likeness (QED) is 0.576. The zero-order chi connectivity index (χ0) is 8.55. The Labute approximate surface area is 72.4 Å². The van der Waals surface area contributed by atoms with E-state index in [4.69, 9.17) is 0 Å². The van der Waals surface area contributed by atoms with Gasteiger partial charge in [0.2, 0.25) is 0 Å². The van der Waals surface area contributed by atoms with Crippen molar-refractivity contribution >= 4 is 6.29 Å². The number of aryl methyl sites for hydroxylation is 2. The lowest BCUT2D eigenvalue weighted by atomic mass is 10.0. The Morgan fingerprint density at radius 1 is 1.50 bits per heavy atom. The van der Waals surface area contributed by atoms with Crippen LogP contribution in [0.15, 0.2) is 18.2 Å². The van der Waals surface area contributed by atoms with Crippen LogP contribution in [0.2, 0.25) is 0 Å². The van der Waals surface area contributed by atoms with Gasteiger partial charge in [-0.15, -0.1) is 0 Å². The lowest BCUT2D eigenvalue weighted by molar-refractivity contribution is -0.109. The van der Waals surface area contributed by atoms with Gasteiger partial charge >= 0.3 is 0 Å². The standard InChI is InChI=1S/C11H12O/c1-8-2-5-11-9(6-8)3-4-10(11)7-12/h2,5-7,10H,3-4H2,1H3. The number of carbonyl (C=O) groups excluding carboxylic acids is 1. The summed E-state index contributed by atoms with van der Waals surface area (Å²) in [6, 6.07) is 6.37. The molecule has 0 saturated heterocycles. The first kappa shape index (κ1) is 7.53. The third-order valence-electron chi connectivity index (χ3n) is 2.59. The molecule has 1 aliphatic rings.